The highest BCUT2D eigenvalue weighted by molar-refractivity contribution is 7.89. The van der Waals surface area contributed by atoms with Gasteiger partial charge in [-0.1, -0.05) is 30.3 Å². The quantitative estimate of drug-likeness (QED) is 0.656. The van der Waals surface area contributed by atoms with Gasteiger partial charge in [0, 0.05) is 24.7 Å². The van der Waals surface area contributed by atoms with Crippen molar-refractivity contribution < 1.29 is 13.2 Å². The van der Waals surface area contributed by atoms with E-state index in [1.54, 1.807) is 41.3 Å². The van der Waals surface area contributed by atoms with Gasteiger partial charge in [-0.3, -0.25) is 9.59 Å². The molecule has 0 spiro atoms. The Balaban J connectivity index is 1.68. The standard InChI is InChI=1S/C22H23N3O4S/c26-20-12-9-17-15-18(10-11-19(17)23-20)30(28,29)24-21(16-7-3-1-4-8-16)22(27)25-13-5-2-6-14-25/h1,3-4,7-12,15,21,24H,2,5-6,13-14H2,(H,23,26)/t21-/m1/s1. The van der Waals surface area contributed by atoms with Gasteiger partial charge in [-0.2, -0.15) is 4.72 Å². The van der Waals surface area contributed by atoms with E-state index >= 15 is 0 Å². The first-order valence-electron chi connectivity index (χ1n) is 9.93. The number of hydrogen-bond acceptors (Lipinski definition) is 4. The molecule has 1 saturated heterocycles. The first-order valence-corrected chi connectivity index (χ1v) is 11.4. The third kappa shape index (κ3) is 4.29. The minimum atomic E-state index is -3.98. The van der Waals surface area contributed by atoms with E-state index in [2.05, 4.69) is 9.71 Å². The molecule has 1 amide bonds. The summed E-state index contributed by atoms with van der Waals surface area (Å²) in [5, 5.41) is 0.594. The van der Waals surface area contributed by atoms with Crippen LogP contribution in [0.3, 0.4) is 0 Å². The Morgan fingerprint density at radius 2 is 1.70 bits per heavy atom. The van der Waals surface area contributed by atoms with Gasteiger partial charge in [0.1, 0.15) is 6.04 Å². The summed E-state index contributed by atoms with van der Waals surface area (Å²) in [6, 6.07) is 15.3. The van der Waals surface area contributed by atoms with E-state index in [-0.39, 0.29) is 16.4 Å². The van der Waals surface area contributed by atoms with E-state index in [0.29, 0.717) is 29.6 Å². The number of sulfonamides is 1. The molecule has 1 aromatic heterocycles. The van der Waals surface area contributed by atoms with Crippen LogP contribution in [0.2, 0.25) is 0 Å². The minimum Gasteiger partial charge on any atom is -0.341 e. The van der Waals surface area contributed by atoms with Crippen LogP contribution in [0.1, 0.15) is 30.9 Å². The fraction of sp³-hybridized carbons (Fsp3) is 0.273. The Bertz CT molecular complexity index is 1220. The maximum Gasteiger partial charge on any atom is 0.248 e. The molecule has 8 heteroatoms. The van der Waals surface area contributed by atoms with E-state index in [0.717, 1.165) is 19.3 Å². The van der Waals surface area contributed by atoms with Crippen molar-refractivity contribution in [2.45, 2.75) is 30.2 Å². The summed E-state index contributed by atoms with van der Waals surface area (Å²) in [4.78, 5) is 29.1. The highest BCUT2D eigenvalue weighted by Crippen LogP contribution is 2.23. The number of likely N-dealkylation sites (tertiary alicyclic amines) is 1. The molecule has 0 radical (unpaired) electrons. The van der Waals surface area contributed by atoms with Gasteiger partial charge in [-0.05, 0) is 54.5 Å². The van der Waals surface area contributed by atoms with Crippen molar-refractivity contribution in [2.75, 3.05) is 13.1 Å². The maximum absolute atomic E-state index is 13.2. The SMILES string of the molecule is O=C([C@H](NS(=O)(=O)c1ccc2[nH]c(=O)ccc2c1)c1ccccc1)N1CCCCC1. The summed E-state index contributed by atoms with van der Waals surface area (Å²) in [6.45, 7) is 1.26. The van der Waals surface area contributed by atoms with Crippen molar-refractivity contribution in [3.8, 4) is 0 Å². The molecule has 3 aromatic rings. The summed E-state index contributed by atoms with van der Waals surface area (Å²) in [7, 11) is -3.98. The number of carbonyl (C=O) groups excluding carboxylic acids is 1. The second-order valence-electron chi connectivity index (χ2n) is 7.42. The second-order valence-corrected chi connectivity index (χ2v) is 9.14. The number of pyridine rings is 1. The Morgan fingerprint density at radius 1 is 0.967 bits per heavy atom. The van der Waals surface area contributed by atoms with Gasteiger partial charge >= 0.3 is 0 Å². The van der Waals surface area contributed by atoms with Gasteiger partial charge in [0.15, 0.2) is 0 Å². The van der Waals surface area contributed by atoms with Crippen LogP contribution in [0.4, 0.5) is 0 Å². The Labute approximate surface area is 174 Å². The number of H-pyrrole nitrogens is 1. The highest BCUT2D eigenvalue weighted by Gasteiger charge is 2.31. The first-order chi connectivity index (χ1) is 14.4. The van der Waals surface area contributed by atoms with Crippen molar-refractivity contribution in [3.05, 3.63) is 76.6 Å². The van der Waals surface area contributed by atoms with Gasteiger partial charge in [0.2, 0.25) is 21.5 Å². The second kappa shape index (κ2) is 8.41. The number of rotatable bonds is 5. The lowest BCUT2D eigenvalue weighted by Crippen LogP contribution is -2.44. The fourth-order valence-corrected chi connectivity index (χ4v) is 4.94. The van der Waals surface area contributed by atoms with Crippen LogP contribution < -0.4 is 10.3 Å². The zero-order valence-corrected chi connectivity index (χ0v) is 17.2. The van der Waals surface area contributed by atoms with E-state index in [1.165, 1.54) is 18.2 Å². The van der Waals surface area contributed by atoms with Crippen LogP contribution in [0.5, 0.6) is 0 Å². The third-order valence-electron chi connectivity index (χ3n) is 5.33. The summed E-state index contributed by atoms with van der Waals surface area (Å²) in [5.74, 6) is -0.241. The maximum atomic E-state index is 13.2. The predicted octanol–water partition coefficient (Wildman–Crippen LogP) is 2.56. The number of fused-ring (bicyclic) bond motifs is 1. The molecule has 1 aliphatic heterocycles. The number of aromatic amines is 1. The average Bonchev–Trinajstić information content (AvgIpc) is 2.78. The van der Waals surface area contributed by atoms with Crippen LogP contribution in [0.25, 0.3) is 10.9 Å². The van der Waals surface area contributed by atoms with Crippen molar-refractivity contribution in [3.63, 3.8) is 0 Å². The molecule has 1 atom stereocenters. The molecule has 0 bridgehead atoms. The summed E-state index contributed by atoms with van der Waals surface area (Å²) in [5.41, 5.74) is 0.889. The monoisotopic (exact) mass is 425 g/mol. The first kappa shape index (κ1) is 20.3. The van der Waals surface area contributed by atoms with Crippen LogP contribution in [-0.2, 0) is 14.8 Å². The molecule has 1 fully saturated rings. The number of amides is 1. The molecular weight excluding hydrogens is 402 g/mol. The molecule has 2 heterocycles. The van der Waals surface area contributed by atoms with Gasteiger partial charge < -0.3 is 9.88 Å². The molecule has 4 rings (SSSR count). The number of hydrogen-bond donors (Lipinski definition) is 2. The van der Waals surface area contributed by atoms with E-state index in [4.69, 9.17) is 0 Å². The number of nitrogens with one attached hydrogen (secondary N) is 2. The smallest absolute Gasteiger partial charge is 0.248 e. The molecule has 1 aliphatic rings. The average molecular weight is 426 g/mol. The molecular formula is C22H23N3O4S. The summed E-state index contributed by atoms with van der Waals surface area (Å²) in [6.07, 6.45) is 2.91. The molecule has 30 heavy (non-hydrogen) atoms. The molecule has 0 aliphatic carbocycles. The Hall–Kier alpha value is -2.97. The van der Waals surface area contributed by atoms with E-state index in [1.807, 2.05) is 6.07 Å². The van der Waals surface area contributed by atoms with Crippen molar-refractivity contribution in [2.24, 2.45) is 0 Å². The van der Waals surface area contributed by atoms with E-state index in [9.17, 15) is 18.0 Å². The number of nitrogens with zero attached hydrogens (tertiary/aromatic N) is 1. The topological polar surface area (TPSA) is 99.3 Å². The van der Waals surface area contributed by atoms with Gasteiger partial charge in [-0.15, -0.1) is 0 Å². The Kier molecular flexibility index (Phi) is 5.69. The molecule has 0 saturated carbocycles. The van der Waals surface area contributed by atoms with Crippen molar-refractivity contribution in [1.82, 2.24) is 14.6 Å². The van der Waals surface area contributed by atoms with Crippen LogP contribution >= 0.6 is 0 Å². The minimum absolute atomic E-state index is 0.0365. The zero-order valence-electron chi connectivity index (χ0n) is 16.4. The molecule has 0 unspecified atom stereocenters. The number of piperidine rings is 1. The predicted molar refractivity (Wildman–Crippen MR) is 115 cm³/mol. The summed E-state index contributed by atoms with van der Waals surface area (Å²) >= 11 is 0. The highest BCUT2D eigenvalue weighted by atomic mass is 32.2. The largest absolute Gasteiger partial charge is 0.341 e. The van der Waals surface area contributed by atoms with Crippen LogP contribution in [0.15, 0.2) is 70.4 Å². The zero-order chi connectivity index (χ0) is 21.1. The van der Waals surface area contributed by atoms with Gasteiger partial charge in [-0.25, -0.2) is 8.42 Å². The van der Waals surface area contributed by atoms with E-state index < -0.39 is 16.1 Å². The van der Waals surface area contributed by atoms with Gasteiger partial charge in [0.05, 0.1) is 4.90 Å². The Morgan fingerprint density at radius 3 is 2.43 bits per heavy atom. The molecule has 7 nitrogen and oxygen atoms in total. The fourth-order valence-electron chi connectivity index (χ4n) is 3.73. The van der Waals surface area contributed by atoms with Gasteiger partial charge in [0.25, 0.3) is 0 Å². The summed E-state index contributed by atoms with van der Waals surface area (Å²) < 4.78 is 28.9. The molecule has 2 aromatic carbocycles. The number of aromatic nitrogens is 1. The van der Waals surface area contributed by atoms with Crippen molar-refractivity contribution >= 4 is 26.8 Å². The van der Waals surface area contributed by atoms with Crippen LogP contribution in [-0.4, -0.2) is 37.3 Å². The third-order valence-corrected chi connectivity index (χ3v) is 6.75. The lowest BCUT2D eigenvalue weighted by atomic mass is 10.0. The van der Waals surface area contributed by atoms with Crippen LogP contribution in [0, 0.1) is 0 Å². The number of carbonyl (C=O) groups is 1. The number of benzene rings is 2. The lowest BCUT2D eigenvalue weighted by Gasteiger charge is -2.31. The lowest BCUT2D eigenvalue weighted by molar-refractivity contribution is -0.134. The van der Waals surface area contributed by atoms with Crippen molar-refractivity contribution in [1.29, 1.82) is 0 Å². The molecule has 156 valence electrons. The normalized spacial score (nSPS) is 15.8. The molecule has 2 N–H and O–H groups in total.